The molecule has 4 nitrogen and oxygen atoms in total. The molecular formula is C17H25NO3. The van der Waals surface area contributed by atoms with Gasteiger partial charge in [-0.25, -0.2) is 4.79 Å². The SMILES string of the molecule is C=C(C)[C@H]1C/C(=C\C=O)[C@@]2(C)[C@@H](C1)N2C(=O)OC(C)(C)C. The Morgan fingerprint density at radius 2 is 2.10 bits per heavy atom. The molecule has 0 aromatic rings. The molecule has 2 aliphatic rings. The number of hydrogen-bond donors (Lipinski definition) is 0. The number of ether oxygens (including phenoxy) is 1. The first-order valence-corrected chi connectivity index (χ1v) is 7.43. The van der Waals surface area contributed by atoms with Crippen molar-refractivity contribution in [3.63, 3.8) is 0 Å². The lowest BCUT2D eigenvalue weighted by atomic mass is 9.76. The number of rotatable bonds is 2. The zero-order valence-electron chi connectivity index (χ0n) is 13.6. The molecule has 1 heterocycles. The van der Waals surface area contributed by atoms with E-state index in [1.807, 2.05) is 34.6 Å². The molecule has 0 aromatic carbocycles. The van der Waals surface area contributed by atoms with Gasteiger partial charge in [-0.3, -0.25) is 9.69 Å². The van der Waals surface area contributed by atoms with Crippen molar-refractivity contribution in [1.29, 1.82) is 0 Å². The van der Waals surface area contributed by atoms with E-state index in [9.17, 15) is 9.59 Å². The number of carbonyl (C=O) groups excluding carboxylic acids is 2. The lowest BCUT2D eigenvalue weighted by molar-refractivity contribution is -0.104. The fraction of sp³-hybridized carbons (Fsp3) is 0.647. The van der Waals surface area contributed by atoms with Crippen LogP contribution in [-0.4, -0.2) is 34.5 Å². The van der Waals surface area contributed by atoms with E-state index in [2.05, 4.69) is 6.58 Å². The maximum Gasteiger partial charge on any atom is 0.411 e. The molecule has 2 fully saturated rings. The molecule has 0 unspecified atom stereocenters. The second kappa shape index (κ2) is 5.00. The van der Waals surface area contributed by atoms with Gasteiger partial charge >= 0.3 is 6.09 Å². The van der Waals surface area contributed by atoms with Crippen molar-refractivity contribution in [1.82, 2.24) is 4.90 Å². The molecule has 1 saturated heterocycles. The van der Waals surface area contributed by atoms with Crippen LogP contribution in [0.2, 0.25) is 0 Å². The summed E-state index contributed by atoms with van der Waals surface area (Å²) in [5.74, 6) is 0.321. The summed E-state index contributed by atoms with van der Waals surface area (Å²) in [7, 11) is 0. The highest BCUT2D eigenvalue weighted by molar-refractivity contribution is 5.78. The summed E-state index contributed by atoms with van der Waals surface area (Å²) >= 11 is 0. The molecule has 1 saturated carbocycles. The number of likely N-dealkylation sites (tertiary alicyclic amines) is 1. The first-order chi connectivity index (χ1) is 9.61. The summed E-state index contributed by atoms with van der Waals surface area (Å²) in [5, 5.41) is 0. The maximum absolute atomic E-state index is 12.4. The second-order valence-corrected chi connectivity index (χ2v) is 7.32. The van der Waals surface area contributed by atoms with Crippen molar-refractivity contribution in [2.45, 2.75) is 64.6 Å². The van der Waals surface area contributed by atoms with Crippen LogP contribution in [-0.2, 0) is 9.53 Å². The third kappa shape index (κ3) is 2.76. The molecule has 1 aliphatic carbocycles. The summed E-state index contributed by atoms with van der Waals surface area (Å²) in [5.41, 5.74) is 1.23. The molecule has 21 heavy (non-hydrogen) atoms. The van der Waals surface area contributed by atoms with Gasteiger partial charge < -0.3 is 4.74 Å². The molecule has 0 aromatic heterocycles. The lowest BCUT2D eigenvalue weighted by Gasteiger charge is -2.26. The van der Waals surface area contributed by atoms with Gasteiger partial charge in [-0.15, -0.1) is 0 Å². The third-order valence-corrected chi connectivity index (χ3v) is 4.57. The topological polar surface area (TPSA) is 46.4 Å². The molecule has 1 amide bonds. The Hall–Kier alpha value is -1.58. The van der Waals surface area contributed by atoms with Crippen LogP contribution in [0.5, 0.6) is 0 Å². The smallest absolute Gasteiger partial charge is 0.411 e. The number of nitrogens with zero attached hydrogens (tertiary/aromatic N) is 1. The molecule has 0 radical (unpaired) electrons. The van der Waals surface area contributed by atoms with Gasteiger partial charge in [0.15, 0.2) is 0 Å². The van der Waals surface area contributed by atoms with Crippen LogP contribution in [0, 0.1) is 5.92 Å². The van der Waals surface area contributed by atoms with Crippen LogP contribution in [0.1, 0.15) is 47.5 Å². The normalized spacial score (nSPS) is 33.4. The van der Waals surface area contributed by atoms with E-state index in [0.717, 1.165) is 30.3 Å². The predicted octanol–water partition coefficient (Wildman–Crippen LogP) is 3.48. The zero-order chi connectivity index (χ0) is 16.0. The summed E-state index contributed by atoms with van der Waals surface area (Å²) < 4.78 is 5.49. The minimum absolute atomic E-state index is 0.106. The number of carbonyl (C=O) groups is 2. The van der Waals surface area contributed by atoms with E-state index >= 15 is 0 Å². The molecule has 0 spiro atoms. The monoisotopic (exact) mass is 291 g/mol. The Balaban J connectivity index is 2.24. The van der Waals surface area contributed by atoms with E-state index in [-0.39, 0.29) is 17.7 Å². The Labute approximate surface area is 126 Å². The standard InChI is InChI=1S/C17H25NO3/c1-11(2)12-9-13(7-8-19)17(6)14(10-12)18(17)15(20)21-16(3,4)5/h7-8,12,14H,1,9-10H2,2-6H3/b13-7+/t12-,14+,17-,18?/m0/s1. The van der Waals surface area contributed by atoms with Gasteiger partial charge in [-0.2, -0.15) is 0 Å². The summed E-state index contributed by atoms with van der Waals surface area (Å²) in [6.45, 7) is 13.6. The van der Waals surface area contributed by atoms with E-state index in [0.29, 0.717) is 5.92 Å². The van der Waals surface area contributed by atoms with Crippen molar-refractivity contribution in [3.05, 3.63) is 23.8 Å². The van der Waals surface area contributed by atoms with Crippen LogP contribution in [0.25, 0.3) is 0 Å². The first kappa shape index (κ1) is 15.8. The Bertz CT molecular complexity index is 515. The largest absolute Gasteiger partial charge is 0.444 e. The fourth-order valence-electron chi connectivity index (χ4n) is 3.31. The number of fused-ring (bicyclic) bond motifs is 1. The molecule has 0 N–H and O–H groups in total. The van der Waals surface area contributed by atoms with Gasteiger partial charge in [-0.1, -0.05) is 12.2 Å². The Morgan fingerprint density at radius 3 is 2.57 bits per heavy atom. The molecule has 1 aliphatic heterocycles. The highest BCUT2D eigenvalue weighted by atomic mass is 16.6. The zero-order valence-corrected chi connectivity index (χ0v) is 13.6. The van der Waals surface area contributed by atoms with Gasteiger partial charge in [0.1, 0.15) is 11.9 Å². The average Bonchev–Trinajstić information content (AvgIpc) is 2.93. The van der Waals surface area contributed by atoms with Gasteiger partial charge in [-0.05, 0) is 65.0 Å². The van der Waals surface area contributed by atoms with Crippen molar-refractivity contribution in [3.8, 4) is 0 Å². The highest BCUT2D eigenvalue weighted by Crippen LogP contribution is 2.56. The lowest BCUT2D eigenvalue weighted by Crippen LogP contribution is -2.31. The Morgan fingerprint density at radius 1 is 1.48 bits per heavy atom. The maximum atomic E-state index is 12.4. The van der Waals surface area contributed by atoms with E-state index in [4.69, 9.17) is 4.74 Å². The van der Waals surface area contributed by atoms with E-state index in [1.54, 1.807) is 11.0 Å². The summed E-state index contributed by atoms with van der Waals surface area (Å²) in [6.07, 6.45) is 3.80. The van der Waals surface area contributed by atoms with Gasteiger partial charge in [0.2, 0.25) is 0 Å². The third-order valence-electron chi connectivity index (χ3n) is 4.57. The molecule has 3 atom stereocenters. The van der Waals surface area contributed by atoms with Crippen molar-refractivity contribution < 1.29 is 14.3 Å². The van der Waals surface area contributed by atoms with Crippen molar-refractivity contribution in [2.24, 2.45) is 5.92 Å². The minimum Gasteiger partial charge on any atom is -0.444 e. The molecule has 116 valence electrons. The second-order valence-electron chi connectivity index (χ2n) is 7.32. The quantitative estimate of drug-likeness (QED) is 0.339. The highest BCUT2D eigenvalue weighted by Gasteiger charge is 2.67. The van der Waals surface area contributed by atoms with Crippen LogP contribution in [0.3, 0.4) is 0 Å². The Kier molecular flexibility index (Phi) is 3.77. The molecule has 2 rings (SSSR count). The van der Waals surface area contributed by atoms with Gasteiger partial charge in [0.25, 0.3) is 0 Å². The van der Waals surface area contributed by atoms with E-state index < -0.39 is 5.60 Å². The predicted molar refractivity (Wildman–Crippen MR) is 82.0 cm³/mol. The van der Waals surface area contributed by atoms with Crippen LogP contribution >= 0.6 is 0 Å². The van der Waals surface area contributed by atoms with Crippen LogP contribution in [0.15, 0.2) is 23.8 Å². The van der Waals surface area contributed by atoms with Crippen molar-refractivity contribution >= 4 is 12.4 Å². The van der Waals surface area contributed by atoms with Crippen LogP contribution in [0.4, 0.5) is 4.79 Å². The van der Waals surface area contributed by atoms with E-state index in [1.165, 1.54) is 0 Å². The molecule has 0 bridgehead atoms. The van der Waals surface area contributed by atoms with Crippen molar-refractivity contribution in [2.75, 3.05) is 0 Å². The van der Waals surface area contributed by atoms with Crippen LogP contribution < -0.4 is 0 Å². The summed E-state index contributed by atoms with van der Waals surface area (Å²) in [4.78, 5) is 25.1. The molecule has 4 heteroatoms. The van der Waals surface area contributed by atoms with Gasteiger partial charge in [0, 0.05) is 0 Å². The number of amides is 1. The van der Waals surface area contributed by atoms with Gasteiger partial charge in [0.05, 0.1) is 11.6 Å². The average molecular weight is 291 g/mol. The number of hydrogen-bond acceptors (Lipinski definition) is 3. The summed E-state index contributed by atoms with van der Waals surface area (Å²) in [6, 6.07) is 0.106. The molecular weight excluding hydrogens is 266 g/mol. The minimum atomic E-state index is -0.512. The number of aldehydes is 1. The fourth-order valence-corrected chi connectivity index (χ4v) is 3.31. The first-order valence-electron chi connectivity index (χ1n) is 7.43. The number of allylic oxidation sites excluding steroid dienone is 2.